The van der Waals surface area contributed by atoms with Gasteiger partial charge in [0.15, 0.2) is 5.75 Å². The van der Waals surface area contributed by atoms with Gasteiger partial charge in [0.05, 0.1) is 16.3 Å². The van der Waals surface area contributed by atoms with E-state index in [2.05, 4.69) is 10.0 Å². The second-order valence-electron chi connectivity index (χ2n) is 6.40. The molecule has 0 aromatic heterocycles. The highest BCUT2D eigenvalue weighted by Crippen LogP contribution is 2.37. The van der Waals surface area contributed by atoms with Crippen molar-refractivity contribution in [2.75, 3.05) is 10.0 Å². The number of aryl methyl sites for hydroxylation is 1. The summed E-state index contributed by atoms with van der Waals surface area (Å²) in [5.74, 6) is 0.401. The Bertz CT molecular complexity index is 1260. The van der Waals surface area contributed by atoms with E-state index in [1.54, 1.807) is 31.2 Å². The third-order valence-electron chi connectivity index (χ3n) is 4.33. The van der Waals surface area contributed by atoms with Crippen LogP contribution in [0.3, 0.4) is 0 Å². The molecule has 0 fully saturated rings. The third kappa shape index (κ3) is 3.76. The SMILES string of the molecule is Cc1cc(S(=O)(=O)Nc2ccc3c(c2)C(=O)Nc2ccccc2O3)c(Cl)cc1Cl. The van der Waals surface area contributed by atoms with Gasteiger partial charge in [-0.1, -0.05) is 35.3 Å². The Kier molecular flexibility index (Phi) is 4.90. The number of hydrogen-bond acceptors (Lipinski definition) is 4. The Balaban J connectivity index is 1.69. The smallest absolute Gasteiger partial charge is 0.263 e. The van der Waals surface area contributed by atoms with Crippen molar-refractivity contribution in [2.45, 2.75) is 11.8 Å². The standard InChI is InChI=1S/C20H14Cl2N2O4S/c1-11-8-19(15(22)10-14(11)21)29(26,27)24-12-6-7-17-13(9-12)20(25)23-16-4-2-3-5-18(16)28-17/h2-10,24H,1H3,(H,23,25). The molecule has 0 unspecified atom stereocenters. The number of benzene rings is 3. The molecule has 6 nitrogen and oxygen atoms in total. The molecule has 3 aromatic rings. The topological polar surface area (TPSA) is 84.5 Å². The van der Waals surface area contributed by atoms with E-state index in [-0.39, 0.29) is 21.2 Å². The second-order valence-corrected chi connectivity index (χ2v) is 8.87. The van der Waals surface area contributed by atoms with E-state index in [1.807, 2.05) is 0 Å². The maximum absolute atomic E-state index is 12.8. The first-order valence-corrected chi connectivity index (χ1v) is 10.7. The Morgan fingerprint density at radius 3 is 2.52 bits per heavy atom. The summed E-state index contributed by atoms with van der Waals surface area (Å²) in [6.07, 6.45) is 0. The minimum absolute atomic E-state index is 0.000569. The number of carbonyl (C=O) groups excluding carboxylic acids is 1. The van der Waals surface area contributed by atoms with Crippen LogP contribution in [-0.2, 0) is 10.0 Å². The minimum Gasteiger partial charge on any atom is -0.454 e. The van der Waals surface area contributed by atoms with Crippen LogP contribution in [0.1, 0.15) is 15.9 Å². The van der Waals surface area contributed by atoms with Crippen LogP contribution in [0, 0.1) is 6.92 Å². The Morgan fingerprint density at radius 2 is 1.72 bits per heavy atom. The molecule has 0 radical (unpaired) electrons. The van der Waals surface area contributed by atoms with Gasteiger partial charge in [-0.15, -0.1) is 0 Å². The van der Waals surface area contributed by atoms with Gasteiger partial charge in [0.25, 0.3) is 15.9 Å². The maximum Gasteiger partial charge on any atom is 0.263 e. The first kappa shape index (κ1) is 19.6. The maximum atomic E-state index is 12.8. The van der Waals surface area contributed by atoms with Crippen LogP contribution >= 0.6 is 23.2 Å². The highest BCUT2D eigenvalue weighted by Gasteiger charge is 2.24. The van der Waals surface area contributed by atoms with Crippen LogP contribution in [0.15, 0.2) is 59.5 Å². The minimum atomic E-state index is -4.00. The number of halogens is 2. The largest absolute Gasteiger partial charge is 0.454 e. The molecular formula is C20H14Cl2N2O4S. The average molecular weight is 449 g/mol. The number of ether oxygens (including phenoxy) is 1. The van der Waals surface area contributed by atoms with E-state index in [1.165, 1.54) is 30.3 Å². The molecule has 0 saturated heterocycles. The van der Waals surface area contributed by atoms with E-state index in [4.69, 9.17) is 27.9 Å². The molecule has 0 saturated carbocycles. The van der Waals surface area contributed by atoms with Crippen LogP contribution in [-0.4, -0.2) is 14.3 Å². The molecule has 4 rings (SSSR count). The quantitative estimate of drug-likeness (QED) is 0.556. The number of sulfonamides is 1. The Morgan fingerprint density at radius 1 is 0.966 bits per heavy atom. The van der Waals surface area contributed by atoms with Gasteiger partial charge in [0.2, 0.25) is 0 Å². The van der Waals surface area contributed by atoms with E-state index in [9.17, 15) is 13.2 Å². The molecule has 2 N–H and O–H groups in total. The van der Waals surface area contributed by atoms with Crippen molar-refractivity contribution in [3.63, 3.8) is 0 Å². The number of hydrogen-bond donors (Lipinski definition) is 2. The number of fused-ring (bicyclic) bond motifs is 2. The monoisotopic (exact) mass is 448 g/mol. The fourth-order valence-electron chi connectivity index (χ4n) is 2.87. The third-order valence-corrected chi connectivity index (χ3v) is 6.59. The van der Waals surface area contributed by atoms with Crippen LogP contribution in [0.5, 0.6) is 11.5 Å². The molecule has 29 heavy (non-hydrogen) atoms. The van der Waals surface area contributed by atoms with E-state index in [0.29, 0.717) is 27.8 Å². The lowest BCUT2D eigenvalue weighted by atomic mass is 10.1. The molecule has 1 aliphatic heterocycles. The Labute approximate surface area is 177 Å². The first-order chi connectivity index (χ1) is 13.7. The van der Waals surface area contributed by atoms with E-state index >= 15 is 0 Å². The number of amides is 1. The molecule has 0 bridgehead atoms. The van der Waals surface area contributed by atoms with Gasteiger partial charge in [-0.2, -0.15) is 0 Å². The zero-order valence-corrected chi connectivity index (χ0v) is 17.3. The lowest BCUT2D eigenvalue weighted by molar-refractivity contribution is 0.102. The van der Waals surface area contributed by atoms with Gasteiger partial charge in [-0.25, -0.2) is 8.42 Å². The van der Waals surface area contributed by atoms with E-state index in [0.717, 1.165) is 0 Å². The summed E-state index contributed by atoms with van der Waals surface area (Å²) in [5, 5.41) is 3.11. The molecule has 3 aromatic carbocycles. The van der Waals surface area contributed by atoms with Crippen molar-refractivity contribution in [1.29, 1.82) is 0 Å². The summed E-state index contributed by atoms with van der Waals surface area (Å²) in [6.45, 7) is 1.68. The van der Waals surface area contributed by atoms with Gasteiger partial charge >= 0.3 is 0 Å². The van der Waals surface area contributed by atoms with Crippen molar-refractivity contribution >= 4 is 50.5 Å². The summed E-state index contributed by atoms with van der Waals surface area (Å²) in [5.41, 5.74) is 1.49. The fraction of sp³-hybridized carbons (Fsp3) is 0.0500. The summed E-state index contributed by atoms with van der Waals surface area (Å²) in [7, 11) is -4.00. The number of nitrogens with one attached hydrogen (secondary N) is 2. The highest BCUT2D eigenvalue weighted by molar-refractivity contribution is 7.92. The average Bonchev–Trinajstić information content (AvgIpc) is 2.80. The molecule has 0 aliphatic carbocycles. The van der Waals surface area contributed by atoms with Crippen molar-refractivity contribution in [2.24, 2.45) is 0 Å². The van der Waals surface area contributed by atoms with Crippen LogP contribution in [0.2, 0.25) is 10.0 Å². The van der Waals surface area contributed by atoms with Crippen molar-refractivity contribution in [3.8, 4) is 11.5 Å². The molecular weight excluding hydrogens is 435 g/mol. The molecule has 148 valence electrons. The van der Waals surface area contributed by atoms with Gasteiger partial charge in [0.1, 0.15) is 10.6 Å². The van der Waals surface area contributed by atoms with Gasteiger partial charge < -0.3 is 10.1 Å². The normalized spacial score (nSPS) is 12.9. The zero-order valence-electron chi connectivity index (χ0n) is 15.0. The summed E-state index contributed by atoms with van der Waals surface area (Å²) >= 11 is 12.1. The zero-order chi connectivity index (χ0) is 20.8. The van der Waals surface area contributed by atoms with Gasteiger partial charge in [0, 0.05) is 10.7 Å². The van der Waals surface area contributed by atoms with Crippen LogP contribution in [0.4, 0.5) is 11.4 Å². The number of rotatable bonds is 3. The number of anilines is 2. The fourth-order valence-corrected chi connectivity index (χ4v) is 4.76. The van der Waals surface area contributed by atoms with Crippen LogP contribution < -0.4 is 14.8 Å². The molecule has 0 spiro atoms. The second kappa shape index (κ2) is 7.26. The van der Waals surface area contributed by atoms with E-state index < -0.39 is 15.9 Å². The summed E-state index contributed by atoms with van der Waals surface area (Å²) in [4.78, 5) is 12.5. The predicted molar refractivity (Wildman–Crippen MR) is 113 cm³/mol. The van der Waals surface area contributed by atoms with Crippen molar-refractivity contribution in [3.05, 3.63) is 75.8 Å². The number of para-hydroxylation sites is 2. The van der Waals surface area contributed by atoms with Gasteiger partial charge in [-0.3, -0.25) is 9.52 Å². The predicted octanol–water partition coefficient (Wildman–Crippen LogP) is 5.46. The van der Waals surface area contributed by atoms with Crippen LogP contribution in [0.25, 0.3) is 0 Å². The Hall–Kier alpha value is -2.74. The number of carbonyl (C=O) groups is 1. The molecule has 1 aliphatic rings. The molecule has 0 atom stereocenters. The van der Waals surface area contributed by atoms with Gasteiger partial charge in [-0.05, 0) is 55.0 Å². The first-order valence-electron chi connectivity index (χ1n) is 8.45. The highest BCUT2D eigenvalue weighted by atomic mass is 35.5. The lowest BCUT2D eigenvalue weighted by Crippen LogP contribution is -2.15. The molecule has 9 heteroatoms. The summed E-state index contributed by atoms with van der Waals surface area (Å²) in [6, 6.07) is 14.2. The summed E-state index contributed by atoms with van der Waals surface area (Å²) < 4.78 is 33.9. The molecule has 1 heterocycles. The lowest BCUT2D eigenvalue weighted by Gasteiger charge is -2.13. The van der Waals surface area contributed by atoms with Crippen molar-refractivity contribution < 1.29 is 17.9 Å². The van der Waals surface area contributed by atoms with Crippen molar-refractivity contribution in [1.82, 2.24) is 0 Å². The molecule has 1 amide bonds.